The Labute approximate surface area is 117 Å². The van der Waals surface area contributed by atoms with Crippen molar-refractivity contribution < 1.29 is 15.0 Å². The van der Waals surface area contributed by atoms with Gasteiger partial charge in [0.1, 0.15) is 0 Å². The number of nitrogens with one attached hydrogen (secondary N) is 1. The molecule has 0 saturated carbocycles. The number of carboxylic acids is 1. The molecule has 0 fully saturated rings. The smallest absolute Gasteiger partial charge is 0.335 e. The van der Waals surface area contributed by atoms with Crippen molar-refractivity contribution in [1.82, 2.24) is 5.32 Å². The van der Waals surface area contributed by atoms with Crippen LogP contribution in [0.25, 0.3) is 0 Å². The van der Waals surface area contributed by atoms with Crippen molar-refractivity contribution >= 4 is 5.97 Å². The molecule has 2 aromatic carbocycles. The van der Waals surface area contributed by atoms with E-state index in [1.165, 1.54) is 0 Å². The average Bonchev–Trinajstić information content (AvgIpc) is 2.48. The zero-order valence-corrected chi connectivity index (χ0v) is 11.0. The van der Waals surface area contributed by atoms with Gasteiger partial charge >= 0.3 is 5.97 Å². The minimum absolute atomic E-state index is 0.276. The van der Waals surface area contributed by atoms with Crippen LogP contribution < -0.4 is 5.32 Å². The first kappa shape index (κ1) is 14.2. The predicted octanol–water partition coefficient (Wildman–Crippen LogP) is 2.21. The zero-order chi connectivity index (χ0) is 14.4. The molecule has 4 nitrogen and oxygen atoms in total. The van der Waals surface area contributed by atoms with E-state index in [1.54, 1.807) is 24.3 Å². The number of hydrogen-bond acceptors (Lipinski definition) is 3. The molecule has 20 heavy (non-hydrogen) atoms. The topological polar surface area (TPSA) is 69.6 Å². The Kier molecular flexibility index (Phi) is 4.87. The van der Waals surface area contributed by atoms with Gasteiger partial charge in [0.2, 0.25) is 0 Å². The van der Waals surface area contributed by atoms with Crippen molar-refractivity contribution in [2.75, 3.05) is 6.54 Å². The monoisotopic (exact) mass is 271 g/mol. The molecular weight excluding hydrogens is 254 g/mol. The highest BCUT2D eigenvalue weighted by molar-refractivity contribution is 5.87. The fourth-order valence-electron chi connectivity index (χ4n) is 1.91. The number of carboxylic acid groups (broad SMARTS) is 1. The summed E-state index contributed by atoms with van der Waals surface area (Å²) in [5, 5.41) is 21.9. The molecule has 0 heterocycles. The van der Waals surface area contributed by atoms with Gasteiger partial charge in [-0.15, -0.1) is 0 Å². The van der Waals surface area contributed by atoms with E-state index in [0.717, 1.165) is 11.1 Å². The molecular formula is C16H17NO3. The van der Waals surface area contributed by atoms with Gasteiger partial charge in [-0.1, -0.05) is 42.5 Å². The van der Waals surface area contributed by atoms with Gasteiger partial charge in [0.15, 0.2) is 0 Å². The Morgan fingerprint density at radius 1 is 1.05 bits per heavy atom. The van der Waals surface area contributed by atoms with E-state index in [-0.39, 0.29) is 5.56 Å². The van der Waals surface area contributed by atoms with Gasteiger partial charge in [-0.3, -0.25) is 0 Å². The summed E-state index contributed by atoms with van der Waals surface area (Å²) in [5.41, 5.74) is 2.13. The van der Waals surface area contributed by atoms with Crippen molar-refractivity contribution in [2.45, 2.75) is 12.6 Å². The van der Waals surface area contributed by atoms with Crippen LogP contribution >= 0.6 is 0 Å². The van der Waals surface area contributed by atoms with Crippen LogP contribution in [0.1, 0.15) is 27.6 Å². The maximum absolute atomic E-state index is 10.7. The van der Waals surface area contributed by atoms with Gasteiger partial charge in [0.05, 0.1) is 11.7 Å². The third-order valence-corrected chi connectivity index (χ3v) is 3.05. The molecule has 0 saturated heterocycles. The first-order chi connectivity index (χ1) is 9.66. The van der Waals surface area contributed by atoms with Crippen molar-refractivity contribution in [1.29, 1.82) is 0 Å². The van der Waals surface area contributed by atoms with Gasteiger partial charge in [0, 0.05) is 13.1 Å². The molecule has 1 atom stereocenters. The minimum Gasteiger partial charge on any atom is -0.478 e. The number of aromatic carboxylic acids is 1. The summed E-state index contributed by atoms with van der Waals surface area (Å²) in [4.78, 5) is 10.7. The minimum atomic E-state index is -0.927. The molecule has 0 aliphatic heterocycles. The standard InChI is InChI=1S/C16H17NO3/c18-15(13-4-2-1-3-5-13)11-17-10-12-6-8-14(9-7-12)16(19)20/h1-9,15,17-18H,10-11H2,(H,19,20)/t15-/m1/s1. The second kappa shape index (κ2) is 6.84. The molecule has 2 rings (SSSR count). The number of aliphatic hydroxyl groups is 1. The second-order valence-corrected chi connectivity index (χ2v) is 4.56. The lowest BCUT2D eigenvalue weighted by Gasteiger charge is -2.12. The molecule has 4 heteroatoms. The van der Waals surface area contributed by atoms with E-state index in [4.69, 9.17) is 5.11 Å². The van der Waals surface area contributed by atoms with Crippen LogP contribution in [-0.4, -0.2) is 22.7 Å². The van der Waals surface area contributed by atoms with Crippen LogP contribution in [0, 0.1) is 0 Å². The van der Waals surface area contributed by atoms with E-state index in [1.807, 2.05) is 30.3 Å². The highest BCUT2D eigenvalue weighted by atomic mass is 16.4. The van der Waals surface area contributed by atoms with E-state index in [0.29, 0.717) is 13.1 Å². The van der Waals surface area contributed by atoms with E-state index >= 15 is 0 Å². The molecule has 0 bridgehead atoms. The van der Waals surface area contributed by atoms with Crippen LogP contribution in [0.15, 0.2) is 54.6 Å². The maximum Gasteiger partial charge on any atom is 0.335 e. The molecule has 3 N–H and O–H groups in total. The van der Waals surface area contributed by atoms with Crippen LogP contribution in [0.4, 0.5) is 0 Å². The second-order valence-electron chi connectivity index (χ2n) is 4.56. The normalized spacial score (nSPS) is 12.1. The third kappa shape index (κ3) is 3.91. The fraction of sp³-hybridized carbons (Fsp3) is 0.188. The predicted molar refractivity (Wildman–Crippen MR) is 76.5 cm³/mol. The number of carbonyl (C=O) groups is 1. The van der Waals surface area contributed by atoms with E-state index in [2.05, 4.69) is 5.32 Å². The quantitative estimate of drug-likeness (QED) is 0.753. The van der Waals surface area contributed by atoms with Crippen LogP contribution in [0.2, 0.25) is 0 Å². The summed E-state index contributed by atoms with van der Waals surface area (Å²) < 4.78 is 0. The first-order valence-corrected chi connectivity index (χ1v) is 6.43. The fourth-order valence-corrected chi connectivity index (χ4v) is 1.91. The molecule has 0 amide bonds. The summed E-state index contributed by atoms with van der Waals surface area (Å²) in [5.74, 6) is -0.927. The maximum atomic E-state index is 10.7. The Morgan fingerprint density at radius 2 is 1.70 bits per heavy atom. The van der Waals surface area contributed by atoms with Crippen molar-refractivity contribution in [3.05, 3.63) is 71.3 Å². The Hall–Kier alpha value is -2.17. The molecule has 0 aliphatic rings. The van der Waals surface area contributed by atoms with Crippen molar-refractivity contribution in [2.24, 2.45) is 0 Å². The SMILES string of the molecule is O=C(O)c1ccc(CNC[C@@H](O)c2ccccc2)cc1. The summed E-state index contributed by atoms with van der Waals surface area (Å²) in [6.45, 7) is 1.04. The molecule has 104 valence electrons. The van der Waals surface area contributed by atoms with Gasteiger partial charge in [-0.2, -0.15) is 0 Å². The number of rotatable bonds is 6. The molecule has 0 radical (unpaired) electrons. The van der Waals surface area contributed by atoms with Gasteiger partial charge in [-0.05, 0) is 23.3 Å². The van der Waals surface area contributed by atoms with Crippen molar-refractivity contribution in [3.8, 4) is 0 Å². The zero-order valence-electron chi connectivity index (χ0n) is 11.0. The lowest BCUT2D eigenvalue weighted by Crippen LogP contribution is -2.21. The summed E-state index contributed by atoms with van der Waals surface area (Å²) in [6, 6.07) is 16.2. The van der Waals surface area contributed by atoms with E-state index in [9.17, 15) is 9.90 Å². The first-order valence-electron chi connectivity index (χ1n) is 6.43. The molecule has 0 unspecified atom stereocenters. The number of hydrogen-bond donors (Lipinski definition) is 3. The lowest BCUT2D eigenvalue weighted by molar-refractivity contribution is 0.0697. The summed E-state index contributed by atoms with van der Waals surface area (Å²) in [7, 11) is 0. The third-order valence-electron chi connectivity index (χ3n) is 3.05. The van der Waals surface area contributed by atoms with Gasteiger partial charge < -0.3 is 15.5 Å². The van der Waals surface area contributed by atoms with E-state index < -0.39 is 12.1 Å². The Balaban J connectivity index is 1.82. The highest BCUT2D eigenvalue weighted by Crippen LogP contribution is 2.11. The van der Waals surface area contributed by atoms with Crippen molar-refractivity contribution in [3.63, 3.8) is 0 Å². The van der Waals surface area contributed by atoms with Crippen LogP contribution in [0.3, 0.4) is 0 Å². The Morgan fingerprint density at radius 3 is 2.30 bits per heavy atom. The van der Waals surface area contributed by atoms with Crippen LogP contribution in [-0.2, 0) is 6.54 Å². The highest BCUT2D eigenvalue weighted by Gasteiger charge is 2.06. The average molecular weight is 271 g/mol. The Bertz CT molecular complexity index is 552. The number of aliphatic hydroxyl groups excluding tert-OH is 1. The largest absolute Gasteiger partial charge is 0.478 e. The molecule has 2 aromatic rings. The molecule has 0 aromatic heterocycles. The lowest BCUT2D eigenvalue weighted by atomic mass is 10.1. The summed E-state index contributed by atoms with van der Waals surface area (Å²) in [6.07, 6.45) is -0.547. The summed E-state index contributed by atoms with van der Waals surface area (Å²) >= 11 is 0. The molecule has 0 aliphatic carbocycles. The van der Waals surface area contributed by atoms with Gasteiger partial charge in [0.25, 0.3) is 0 Å². The number of benzene rings is 2. The van der Waals surface area contributed by atoms with Gasteiger partial charge in [-0.25, -0.2) is 4.79 Å². The molecule has 0 spiro atoms. The van der Waals surface area contributed by atoms with Crippen LogP contribution in [0.5, 0.6) is 0 Å².